The van der Waals surface area contributed by atoms with Crippen molar-refractivity contribution in [3.05, 3.63) is 36.0 Å². The molecule has 0 bridgehead atoms. The van der Waals surface area contributed by atoms with Gasteiger partial charge in [-0.05, 0) is 43.5 Å². The Balaban J connectivity index is 1.75. The fraction of sp³-hybridized carbons (Fsp3) is 0.438. The highest BCUT2D eigenvalue weighted by Crippen LogP contribution is 2.25. The molecule has 0 N–H and O–H groups in total. The average Bonchev–Trinajstić information content (AvgIpc) is 3.00. The van der Waals surface area contributed by atoms with E-state index < -0.39 is 0 Å². The number of halogens is 1. The number of aromatic nitrogens is 1. The Labute approximate surface area is 124 Å². The first-order valence-corrected chi connectivity index (χ1v) is 7.70. The topological polar surface area (TPSA) is 25.4 Å². The van der Waals surface area contributed by atoms with Crippen molar-refractivity contribution in [1.82, 2.24) is 9.88 Å². The number of nitrogens with zero attached hydrogens (tertiary/aromatic N) is 2. The number of pyridine rings is 1. The number of hydrogen-bond acceptors (Lipinski definition) is 3. The molecule has 3 nitrogen and oxygen atoms in total. The van der Waals surface area contributed by atoms with Crippen LogP contribution in [0, 0.1) is 0 Å². The van der Waals surface area contributed by atoms with Gasteiger partial charge in [0, 0.05) is 11.9 Å². The van der Waals surface area contributed by atoms with E-state index in [1.54, 1.807) is 0 Å². The summed E-state index contributed by atoms with van der Waals surface area (Å²) in [5.41, 5.74) is 0.863. The van der Waals surface area contributed by atoms with Gasteiger partial charge in [0.05, 0.1) is 11.6 Å². The van der Waals surface area contributed by atoms with Crippen molar-refractivity contribution in [2.45, 2.75) is 18.7 Å². The second-order valence-electron chi connectivity index (χ2n) is 5.17. The van der Waals surface area contributed by atoms with Crippen molar-refractivity contribution in [3.63, 3.8) is 0 Å². The van der Waals surface area contributed by atoms with Crippen LogP contribution in [-0.2, 0) is 5.88 Å². The van der Waals surface area contributed by atoms with Gasteiger partial charge in [0.1, 0.15) is 6.61 Å². The third kappa shape index (κ3) is 3.05. The molecule has 0 atom stereocenters. The second kappa shape index (κ2) is 6.42. The first-order valence-electron chi connectivity index (χ1n) is 7.16. The zero-order chi connectivity index (χ0) is 13.8. The van der Waals surface area contributed by atoms with Crippen LogP contribution in [0.3, 0.4) is 0 Å². The standard InChI is InChI=1S/C16H19ClN2O/c17-12-14-11-13-5-1-2-6-15(13)16(18-14)20-10-9-19-7-3-4-8-19/h1-2,5-6,11H,3-4,7-10,12H2. The Morgan fingerprint density at radius 2 is 2.00 bits per heavy atom. The van der Waals surface area contributed by atoms with Crippen molar-refractivity contribution in [2.24, 2.45) is 0 Å². The molecule has 20 heavy (non-hydrogen) atoms. The van der Waals surface area contributed by atoms with Gasteiger partial charge in [0.15, 0.2) is 0 Å². The molecular weight excluding hydrogens is 272 g/mol. The zero-order valence-electron chi connectivity index (χ0n) is 11.5. The maximum absolute atomic E-state index is 5.91. The molecule has 0 amide bonds. The number of ether oxygens (including phenoxy) is 1. The third-order valence-electron chi connectivity index (χ3n) is 3.74. The van der Waals surface area contributed by atoms with Crippen molar-refractivity contribution in [2.75, 3.05) is 26.2 Å². The molecule has 1 aliphatic rings. The minimum atomic E-state index is 0.410. The number of rotatable bonds is 5. The molecule has 1 saturated heterocycles. The van der Waals surface area contributed by atoms with Crippen LogP contribution in [-0.4, -0.2) is 36.1 Å². The van der Waals surface area contributed by atoms with Gasteiger partial charge in [-0.15, -0.1) is 11.6 Å². The summed E-state index contributed by atoms with van der Waals surface area (Å²) in [5, 5.41) is 2.19. The lowest BCUT2D eigenvalue weighted by Crippen LogP contribution is -2.25. The molecule has 0 unspecified atom stereocenters. The number of likely N-dealkylation sites (tertiary alicyclic amines) is 1. The highest BCUT2D eigenvalue weighted by molar-refractivity contribution is 6.17. The lowest BCUT2D eigenvalue weighted by molar-refractivity contribution is 0.234. The van der Waals surface area contributed by atoms with Crippen molar-refractivity contribution in [3.8, 4) is 5.88 Å². The quantitative estimate of drug-likeness (QED) is 0.789. The monoisotopic (exact) mass is 290 g/mol. The van der Waals surface area contributed by atoms with E-state index in [2.05, 4.69) is 16.0 Å². The van der Waals surface area contributed by atoms with Gasteiger partial charge in [-0.1, -0.05) is 18.2 Å². The Bertz CT molecular complexity index is 582. The molecule has 1 aliphatic heterocycles. The summed E-state index contributed by atoms with van der Waals surface area (Å²) in [4.78, 5) is 6.95. The van der Waals surface area contributed by atoms with Crippen LogP contribution in [0.15, 0.2) is 30.3 Å². The van der Waals surface area contributed by atoms with Crippen LogP contribution >= 0.6 is 11.6 Å². The van der Waals surface area contributed by atoms with E-state index in [9.17, 15) is 0 Å². The molecular formula is C16H19ClN2O. The summed E-state index contributed by atoms with van der Waals surface area (Å²) in [7, 11) is 0. The zero-order valence-corrected chi connectivity index (χ0v) is 12.3. The maximum atomic E-state index is 5.91. The van der Waals surface area contributed by atoms with Gasteiger partial charge < -0.3 is 4.74 Å². The smallest absolute Gasteiger partial charge is 0.221 e. The predicted octanol–water partition coefficient (Wildman–Crippen LogP) is 3.45. The third-order valence-corrected chi connectivity index (χ3v) is 4.01. The van der Waals surface area contributed by atoms with E-state index in [-0.39, 0.29) is 0 Å². The second-order valence-corrected chi connectivity index (χ2v) is 5.44. The summed E-state index contributed by atoms with van der Waals surface area (Å²) in [6, 6.07) is 10.2. The number of alkyl halides is 1. The molecule has 1 fully saturated rings. The summed E-state index contributed by atoms with van der Waals surface area (Å²) >= 11 is 5.91. The highest BCUT2D eigenvalue weighted by atomic mass is 35.5. The molecule has 1 aromatic carbocycles. The van der Waals surface area contributed by atoms with E-state index >= 15 is 0 Å². The molecule has 0 spiro atoms. The summed E-state index contributed by atoms with van der Waals surface area (Å²) in [6.07, 6.45) is 2.62. The van der Waals surface area contributed by atoms with Gasteiger partial charge in [-0.2, -0.15) is 0 Å². The maximum Gasteiger partial charge on any atom is 0.221 e. The molecule has 0 saturated carbocycles. The van der Waals surface area contributed by atoms with Gasteiger partial charge in [0.2, 0.25) is 5.88 Å². The molecule has 0 aliphatic carbocycles. The van der Waals surface area contributed by atoms with Crippen LogP contribution < -0.4 is 4.74 Å². The van der Waals surface area contributed by atoms with Crippen molar-refractivity contribution >= 4 is 22.4 Å². The first kappa shape index (κ1) is 13.7. The highest BCUT2D eigenvalue weighted by Gasteiger charge is 2.12. The molecule has 4 heteroatoms. The van der Waals surface area contributed by atoms with Crippen LogP contribution in [0.1, 0.15) is 18.5 Å². The van der Waals surface area contributed by atoms with Crippen LogP contribution in [0.4, 0.5) is 0 Å². The Kier molecular flexibility index (Phi) is 4.38. The summed E-state index contributed by atoms with van der Waals surface area (Å²) in [6.45, 7) is 4.04. The number of hydrogen-bond donors (Lipinski definition) is 0. The molecule has 0 radical (unpaired) electrons. The molecule has 2 aromatic rings. The SMILES string of the molecule is ClCc1cc2ccccc2c(OCCN2CCCC2)n1. The van der Waals surface area contributed by atoms with Crippen LogP contribution in [0.2, 0.25) is 0 Å². The van der Waals surface area contributed by atoms with Gasteiger partial charge in [0.25, 0.3) is 0 Å². The molecule has 3 rings (SSSR count). The molecule has 1 aromatic heterocycles. The fourth-order valence-electron chi connectivity index (χ4n) is 2.68. The Hall–Kier alpha value is -1.32. The van der Waals surface area contributed by atoms with Gasteiger partial charge in [-0.3, -0.25) is 4.90 Å². The van der Waals surface area contributed by atoms with Crippen molar-refractivity contribution in [1.29, 1.82) is 0 Å². The minimum Gasteiger partial charge on any atom is -0.476 e. The lowest BCUT2D eigenvalue weighted by atomic mass is 10.1. The lowest BCUT2D eigenvalue weighted by Gasteiger charge is -2.15. The number of fused-ring (bicyclic) bond motifs is 1. The summed E-state index contributed by atoms with van der Waals surface area (Å²) < 4.78 is 5.91. The molecule has 106 valence electrons. The fourth-order valence-corrected chi connectivity index (χ4v) is 2.81. The minimum absolute atomic E-state index is 0.410. The largest absolute Gasteiger partial charge is 0.476 e. The first-order chi connectivity index (χ1) is 9.86. The van der Waals surface area contributed by atoms with E-state index in [0.29, 0.717) is 18.4 Å². The van der Waals surface area contributed by atoms with E-state index in [1.165, 1.54) is 25.9 Å². The Morgan fingerprint density at radius 3 is 2.80 bits per heavy atom. The van der Waals surface area contributed by atoms with E-state index in [4.69, 9.17) is 16.3 Å². The van der Waals surface area contributed by atoms with Crippen molar-refractivity contribution < 1.29 is 4.74 Å². The number of benzene rings is 1. The van der Waals surface area contributed by atoms with Crippen LogP contribution in [0.25, 0.3) is 10.8 Å². The van der Waals surface area contributed by atoms with E-state index in [0.717, 1.165) is 23.0 Å². The van der Waals surface area contributed by atoms with Gasteiger partial charge in [-0.25, -0.2) is 4.98 Å². The normalized spacial score (nSPS) is 15.8. The predicted molar refractivity (Wildman–Crippen MR) is 82.5 cm³/mol. The summed E-state index contributed by atoms with van der Waals surface area (Å²) in [5.74, 6) is 1.12. The van der Waals surface area contributed by atoms with Crippen LogP contribution in [0.5, 0.6) is 5.88 Å². The van der Waals surface area contributed by atoms with Gasteiger partial charge >= 0.3 is 0 Å². The van der Waals surface area contributed by atoms with E-state index in [1.807, 2.05) is 24.3 Å². The average molecular weight is 291 g/mol. The Morgan fingerprint density at radius 1 is 1.20 bits per heavy atom. The molecule has 2 heterocycles.